The van der Waals surface area contributed by atoms with Crippen molar-refractivity contribution in [1.82, 2.24) is 15.5 Å². The minimum atomic E-state index is -0.345. The average molecular weight is 310 g/mol. The van der Waals surface area contributed by atoms with Crippen LogP contribution < -0.4 is 10.6 Å². The van der Waals surface area contributed by atoms with Gasteiger partial charge in [-0.1, -0.05) is 30.3 Å². The number of urea groups is 1. The molecule has 4 N–H and O–H groups in total. The van der Waals surface area contributed by atoms with E-state index in [2.05, 4.69) is 20.8 Å². The van der Waals surface area contributed by atoms with Crippen molar-refractivity contribution in [3.63, 3.8) is 0 Å². The second-order valence-corrected chi connectivity index (χ2v) is 5.34. The van der Waals surface area contributed by atoms with Crippen molar-refractivity contribution in [2.24, 2.45) is 0 Å². The number of aromatic nitrogens is 2. The van der Waals surface area contributed by atoms with Gasteiger partial charge in [0.25, 0.3) is 0 Å². The van der Waals surface area contributed by atoms with Crippen LogP contribution in [0.25, 0.3) is 10.9 Å². The molecular formula is C17H18N4O2. The minimum Gasteiger partial charge on any atom is -0.394 e. The van der Waals surface area contributed by atoms with Crippen LogP contribution in [-0.2, 0) is 6.42 Å². The summed E-state index contributed by atoms with van der Waals surface area (Å²) in [5.41, 5.74) is 2.65. The Morgan fingerprint density at radius 1 is 1.22 bits per heavy atom. The molecule has 23 heavy (non-hydrogen) atoms. The smallest absolute Gasteiger partial charge is 0.319 e. The first-order valence-corrected chi connectivity index (χ1v) is 7.40. The van der Waals surface area contributed by atoms with E-state index in [1.165, 1.54) is 0 Å². The number of hydrogen-bond donors (Lipinski definition) is 4. The normalized spacial score (nSPS) is 12.0. The standard InChI is InChI=1S/C17H18N4O2/c22-11-15(8-12-4-2-1-3-5-12)20-17(23)19-14-6-7-16-13(9-14)10-18-21-16/h1-7,9-10,15,22H,8,11H2,(H,18,21)(H2,19,20,23)/t15-/m0/s1. The lowest BCUT2D eigenvalue weighted by molar-refractivity contribution is 0.224. The number of nitrogens with zero attached hydrogens (tertiary/aromatic N) is 1. The third kappa shape index (κ3) is 3.87. The summed E-state index contributed by atoms with van der Waals surface area (Å²) >= 11 is 0. The number of benzene rings is 2. The zero-order chi connectivity index (χ0) is 16.1. The van der Waals surface area contributed by atoms with E-state index in [9.17, 15) is 9.90 Å². The van der Waals surface area contributed by atoms with Gasteiger partial charge in [-0.05, 0) is 30.2 Å². The molecule has 3 aromatic rings. The highest BCUT2D eigenvalue weighted by atomic mass is 16.3. The van der Waals surface area contributed by atoms with Crippen LogP contribution in [0.15, 0.2) is 54.7 Å². The molecule has 0 fully saturated rings. The van der Waals surface area contributed by atoms with Gasteiger partial charge >= 0.3 is 6.03 Å². The number of aromatic amines is 1. The summed E-state index contributed by atoms with van der Waals surface area (Å²) in [5, 5.41) is 22.7. The van der Waals surface area contributed by atoms with Crippen molar-refractivity contribution in [1.29, 1.82) is 0 Å². The van der Waals surface area contributed by atoms with Crippen molar-refractivity contribution in [2.75, 3.05) is 11.9 Å². The number of carbonyl (C=O) groups excluding carboxylic acids is 1. The van der Waals surface area contributed by atoms with E-state index in [0.717, 1.165) is 16.5 Å². The Morgan fingerprint density at radius 3 is 2.83 bits per heavy atom. The van der Waals surface area contributed by atoms with Gasteiger partial charge in [-0.15, -0.1) is 0 Å². The molecule has 6 heteroatoms. The SMILES string of the molecule is O=C(Nc1ccc2[nH]ncc2c1)N[C@H](CO)Cc1ccccc1. The summed E-state index contributed by atoms with van der Waals surface area (Å²) in [7, 11) is 0. The number of aliphatic hydroxyl groups is 1. The van der Waals surface area contributed by atoms with Crippen molar-refractivity contribution in [3.8, 4) is 0 Å². The topological polar surface area (TPSA) is 90.0 Å². The lowest BCUT2D eigenvalue weighted by atomic mass is 10.1. The van der Waals surface area contributed by atoms with Gasteiger partial charge in [0.1, 0.15) is 0 Å². The molecule has 2 amide bonds. The summed E-state index contributed by atoms with van der Waals surface area (Å²) in [6.07, 6.45) is 2.27. The summed E-state index contributed by atoms with van der Waals surface area (Å²) in [6, 6.07) is 14.5. The van der Waals surface area contributed by atoms with Gasteiger partial charge in [-0.2, -0.15) is 5.10 Å². The molecular weight excluding hydrogens is 292 g/mol. The van der Waals surface area contributed by atoms with E-state index >= 15 is 0 Å². The van der Waals surface area contributed by atoms with Gasteiger partial charge in [0.2, 0.25) is 0 Å². The van der Waals surface area contributed by atoms with E-state index in [4.69, 9.17) is 0 Å². The number of hydrogen-bond acceptors (Lipinski definition) is 3. The molecule has 3 rings (SSSR count). The molecule has 1 heterocycles. The van der Waals surface area contributed by atoms with Gasteiger partial charge in [0.15, 0.2) is 0 Å². The quantitative estimate of drug-likeness (QED) is 0.583. The molecule has 0 radical (unpaired) electrons. The first-order chi connectivity index (χ1) is 11.2. The van der Waals surface area contributed by atoms with E-state index in [1.54, 1.807) is 12.3 Å². The van der Waals surface area contributed by atoms with Crippen LogP contribution in [0.1, 0.15) is 5.56 Å². The predicted molar refractivity (Wildman–Crippen MR) is 89.3 cm³/mol. The van der Waals surface area contributed by atoms with E-state index in [1.807, 2.05) is 42.5 Å². The highest BCUT2D eigenvalue weighted by molar-refractivity contribution is 5.92. The predicted octanol–water partition coefficient (Wildman–Crippen LogP) is 2.29. The Labute approximate surface area is 133 Å². The molecule has 2 aromatic carbocycles. The monoisotopic (exact) mass is 310 g/mol. The van der Waals surface area contributed by atoms with Gasteiger partial charge in [-0.3, -0.25) is 5.10 Å². The van der Waals surface area contributed by atoms with Crippen LogP contribution in [0.5, 0.6) is 0 Å². The molecule has 0 bridgehead atoms. The lowest BCUT2D eigenvalue weighted by Gasteiger charge is -2.17. The molecule has 6 nitrogen and oxygen atoms in total. The number of amides is 2. The average Bonchev–Trinajstić information content (AvgIpc) is 3.02. The zero-order valence-corrected chi connectivity index (χ0v) is 12.5. The molecule has 1 aromatic heterocycles. The molecule has 0 aliphatic rings. The molecule has 0 saturated heterocycles. The Balaban J connectivity index is 1.60. The lowest BCUT2D eigenvalue weighted by Crippen LogP contribution is -2.41. The number of aliphatic hydroxyl groups excluding tert-OH is 1. The number of nitrogens with one attached hydrogen (secondary N) is 3. The third-order valence-electron chi connectivity index (χ3n) is 3.58. The third-order valence-corrected chi connectivity index (χ3v) is 3.58. The summed E-state index contributed by atoms with van der Waals surface area (Å²) < 4.78 is 0. The number of carbonyl (C=O) groups is 1. The van der Waals surface area contributed by atoms with Crippen LogP contribution in [0, 0.1) is 0 Å². The fourth-order valence-electron chi connectivity index (χ4n) is 2.43. The largest absolute Gasteiger partial charge is 0.394 e. The molecule has 0 saturated carbocycles. The van der Waals surface area contributed by atoms with Crippen LogP contribution in [0.2, 0.25) is 0 Å². The van der Waals surface area contributed by atoms with Crippen LogP contribution in [-0.4, -0.2) is 34.0 Å². The number of rotatable bonds is 5. The molecule has 0 aliphatic heterocycles. The van der Waals surface area contributed by atoms with Crippen molar-refractivity contribution >= 4 is 22.6 Å². The van der Waals surface area contributed by atoms with Crippen molar-refractivity contribution < 1.29 is 9.90 Å². The maximum absolute atomic E-state index is 12.1. The fourth-order valence-corrected chi connectivity index (χ4v) is 2.43. The highest BCUT2D eigenvalue weighted by Crippen LogP contribution is 2.16. The molecule has 0 aliphatic carbocycles. The first kappa shape index (κ1) is 15.1. The van der Waals surface area contributed by atoms with Crippen molar-refractivity contribution in [2.45, 2.75) is 12.5 Å². The van der Waals surface area contributed by atoms with E-state index in [-0.39, 0.29) is 18.7 Å². The minimum absolute atomic E-state index is 0.122. The van der Waals surface area contributed by atoms with Gasteiger partial charge in [0.05, 0.1) is 24.4 Å². The second kappa shape index (κ2) is 6.93. The maximum atomic E-state index is 12.1. The molecule has 0 unspecified atom stereocenters. The maximum Gasteiger partial charge on any atom is 0.319 e. The van der Waals surface area contributed by atoms with Gasteiger partial charge in [0, 0.05) is 11.1 Å². The summed E-state index contributed by atoms with van der Waals surface area (Å²) in [5.74, 6) is 0. The number of H-pyrrole nitrogens is 1. The van der Waals surface area contributed by atoms with E-state index < -0.39 is 0 Å². The Kier molecular flexibility index (Phi) is 4.54. The Bertz CT molecular complexity index is 785. The van der Waals surface area contributed by atoms with Gasteiger partial charge < -0.3 is 15.7 Å². The van der Waals surface area contributed by atoms with Crippen LogP contribution >= 0.6 is 0 Å². The summed E-state index contributed by atoms with van der Waals surface area (Å²) in [6.45, 7) is -0.122. The molecule has 1 atom stereocenters. The summed E-state index contributed by atoms with van der Waals surface area (Å²) in [4.78, 5) is 12.1. The molecule has 118 valence electrons. The van der Waals surface area contributed by atoms with Gasteiger partial charge in [-0.25, -0.2) is 4.79 Å². The Morgan fingerprint density at radius 2 is 2.04 bits per heavy atom. The zero-order valence-electron chi connectivity index (χ0n) is 12.5. The number of anilines is 1. The number of fused-ring (bicyclic) bond motifs is 1. The second-order valence-electron chi connectivity index (χ2n) is 5.34. The first-order valence-electron chi connectivity index (χ1n) is 7.40. The molecule has 0 spiro atoms. The van der Waals surface area contributed by atoms with Crippen molar-refractivity contribution in [3.05, 3.63) is 60.3 Å². The fraction of sp³-hybridized carbons (Fsp3) is 0.176. The van der Waals surface area contributed by atoms with Crippen LogP contribution in [0.4, 0.5) is 10.5 Å². The highest BCUT2D eigenvalue weighted by Gasteiger charge is 2.12. The Hall–Kier alpha value is -2.86. The van der Waals surface area contributed by atoms with E-state index in [0.29, 0.717) is 12.1 Å². The van der Waals surface area contributed by atoms with Crippen LogP contribution in [0.3, 0.4) is 0 Å².